The van der Waals surface area contributed by atoms with Crippen LogP contribution < -0.4 is 15.1 Å². The maximum absolute atomic E-state index is 13.5. The van der Waals surface area contributed by atoms with Gasteiger partial charge in [0.05, 0.1) is 24.3 Å². The Morgan fingerprint density at radius 1 is 1.26 bits per heavy atom. The predicted molar refractivity (Wildman–Crippen MR) is 130 cm³/mol. The molecule has 0 unspecified atom stereocenters. The van der Waals surface area contributed by atoms with Crippen LogP contribution in [0.2, 0.25) is 0 Å². The van der Waals surface area contributed by atoms with Gasteiger partial charge in [-0.05, 0) is 45.9 Å². The number of hydrogen-bond acceptors (Lipinski definition) is 8. The number of carbonyl (C=O) groups is 2. The number of pyridine rings is 2. The van der Waals surface area contributed by atoms with Crippen molar-refractivity contribution in [1.82, 2.24) is 30.0 Å². The van der Waals surface area contributed by atoms with Gasteiger partial charge in [0, 0.05) is 31.7 Å². The fourth-order valence-electron chi connectivity index (χ4n) is 3.87. The first-order chi connectivity index (χ1) is 16.3. The van der Waals surface area contributed by atoms with Crippen LogP contribution in [0.3, 0.4) is 0 Å². The van der Waals surface area contributed by atoms with E-state index in [9.17, 15) is 9.59 Å². The molecule has 10 nitrogen and oxygen atoms in total. The Morgan fingerprint density at radius 3 is 2.76 bits per heavy atom. The van der Waals surface area contributed by atoms with Crippen molar-refractivity contribution >= 4 is 23.3 Å². The summed E-state index contributed by atoms with van der Waals surface area (Å²) >= 11 is 0. The molecule has 1 amide bonds. The highest BCUT2D eigenvalue weighted by Gasteiger charge is 2.33. The molecule has 3 aromatic rings. The van der Waals surface area contributed by atoms with Gasteiger partial charge in [0.2, 0.25) is 0 Å². The number of Topliss-reactive ketones (excluding diaryl/α,β-unsaturated/α-hetero) is 1. The summed E-state index contributed by atoms with van der Waals surface area (Å²) in [6.45, 7) is 9.42. The third-order valence-corrected chi connectivity index (χ3v) is 5.99. The summed E-state index contributed by atoms with van der Waals surface area (Å²) in [5.41, 5.74) is 2.88. The van der Waals surface area contributed by atoms with Crippen molar-refractivity contribution in [2.45, 2.75) is 53.4 Å². The van der Waals surface area contributed by atoms with E-state index in [-0.39, 0.29) is 24.3 Å². The summed E-state index contributed by atoms with van der Waals surface area (Å²) in [6.07, 6.45) is 1.67. The lowest BCUT2D eigenvalue weighted by Crippen LogP contribution is -2.28. The Morgan fingerprint density at radius 2 is 2.06 bits per heavy atom. The van der Waals surface area contributed by atoms with E-state index in [2.05, 4.69) is 29.4 Å². The van der Waals surface area contributed by atoms with E-state index in [1.807, 2.05) is 47.7 Å². The average molecular weight is 463 g/mol. The molecule has 1 N–H and O–H groups in total. The maximum Gasteiger partial charge on any atom is 0.260 e. The molecule has 34 heavy (non-hydrogen) atoms. The predicted octanol–water partition coefficient (Wildman–Crippen LogP) is 2.44. The molecule has 0 fully saturated rings. The molecule has 178 valence electrons. The summed E-state index contributed by atoms with van der Waals surface area (Å²) in [5, 5.41) is 11.3. The Labute approximate surface area is 199 Å². The van der Waals surface area contributed by atoms with Crippen LogP contribution in [0, 0.1) is 0 Å². The number of carbonyl (C=O) groups excluding carboxylic acids is 2. The molecule has 0 saturated heterocycles. The first kappa shape index (κ1) is 23.5. The zero-order valence-corrected chi connectivity index (χ0v) is 20.2. The van der Waals surface area contributed by atoms with Gasteiger partial charge < -0.3 is 14.8 Å². The Bertz CT molecular complexity index is 1220. The fourth-order valence-corrected chi connectivity index (χ4v) is 3.87. The van der Waals surface area contributed by atoms with Crippen molar-refractivity contribution in [1.29, 1.82) is 0 Å². The van der Waals surface area contributed by atoms with Gasteiger partial charge >= 0.3 is 0 Å². The van der Waals surface area contributed by atoms with E-state index >= 15 is 0 Å². The first-order valence-electron chi connectivity index (χ1n) is 11.4. The fraction of sp³-hybridized carbons (Fsp3) is 0.417. The second-order valence-corrected chi connectivity index (χ2v) is 8.68. The van der Waals surface area contributed by atoms with Gasteiger partial charge in [0.15, 0.2) is 5.82 Å². The molecule has 10 heteroatoms. The van der Waals surface area contributed by atoms with E-state index in [4.69, 9.17) is 9.97 Å². The van der Waals surface area contributed by atoms with E-state index in [0.717, 1.165) is 23.6 Å². The highest BCUT2D eigenvalue weighted by Crippen LogP contribution is 2.32. The summed E-state index contributed by atoms with van der Waals surface area (Å²) in [5.74, 6) is 1.85. The lowest BCUT2D eigenvalue weighted by atomic mass is 10.1. The van der Waals surface area contributed by atoms with Gasteiger partial charge in [-0.1, -0.05) is 6.07 Å². The summed E-state index contributed by atoms with van der Waals surface area (Å²) in [4.78, 5) is 38.2. The second-order valence-electron chi connectivity index (χ2n) is 8.68. The van der Waals surface area contributed by atoms with E-state index in [0.29, 0.717) is 36.0 Å². The molecule has 0 radical (unpaired) electrons. The number of nitrogens with zero attached hydrogens (tertiary/aromatic N) is 7. The van der Waals surface area contributed by atoms with Crippen LogP contribution in [0.4, 0.5) is 11.6 Å². The number of amides is 1. The molecule has 3 aromatic heterocycles. The standard InChI is InChI=1S/C24H30N8O2/c1-6-31-14-26-29-23(31)19-8-7-9-21(27-19)32-13-18-17(24(32)34)10-22(30(5)15(2)3)28-20(18)12-25-11-16(4)33/h7-10,14-15,25H,6,11-13H2,1-5H3. The quantitative estimate of drug-likeness (QED) is 0.516. The first-order valence-corrected chi connectivity index (χ1v) is 11.4. The zero-order chi connectivity index (χ0) is 24.4. The van der Waals surface area contributed by atoms with Gasteiger partial charge in [0.1, 0.15) is 29.4 Å². The van der Waals surface area contributed by atoms with Crippen molar-refractivity contribution in [2.24, 2.45) is 0 Å². The lowest BCUT2D eigenvalue weighted by molar-refractivity contribution is -0.116. The van der Waals surface area contributed by atoms with Crippen molar-refractivity contribution in [3.8, 4) is 11.5 Å². The van der Waals surface area contributed by atoms with Gasteiger partial charge in [-0.25, -0.2) is 9.97 Å². The monoisotopic (exact) mass is 462 g/mol. The molecular formula is C24H30N8O2. The van der Waals surface area contributed by atoms with Gasteiger partial charge in [-0.3, -0.25) is 14.5 Å². The molecule has 0 aromatic carbocycles. The Hall–Kier alpha value is -3.66. The molecule has 0 aliphatic carbocycles. The van der Waals surface area contributed by atoms with Crippen LogP contribution in [0.25, 0.3) is 11.5 Å². The van der Waals surface area contributed by atoms with Gasteiger partial charge in [-0.15, -0.1) is 10.2 Å². The third kappa shape index (κ3) is 4.54. The van der Waals surface area contributed by atoms with Gasteiger partial charge in [-0.2, -0.15) is 0 Å². The number of fused-ring (bicyclic) bond motifs is 1. The molecule has 1 aliphatic heterocycles. The van der Waals surface area contributed by atoms with Crippen molar-refractivity contribution in [3.63, 3.8) is 0 Å². The number of rotatable bonds is 9. The summed E-state index contributed by atoms with van der Waals surface area (Å²) in [7, 11) is 1.96. The molecule has 0 spiro atoms. The van der Waals surface area contributed by atoms with Crippen LogP contribution in [0.5, 0.6) is 0 Å². The molecule has 0 saturated carbocycles. The van der Waals surface area contributed by atoms with Crippen LogP contribution in [0.15, 0.2) is 30.6 Å². The number of ketones is 1. The second kappa shape index (κ2) is 9.68. The zero-order valence-electron chi connectivity index (χ0n) is 20.2. The highest BCUT2D eigenvalue weighted by molar-refractivity contribution is 6.10. The Kier molecular flexibility index (Phi) is 6.69. The molecule has 4 rings (SSSR count). The number of hydrogen-bond donors (Lipinski definition) is 1. The van der Waals surface area contributed by atoms with Crippen LogP contribution in [-0.2, 0) is 24.4 Å². The van der Waals surface area contributed by atoms with Crippen LogP contribution in [-0.4, -0.2) is 56.1 Å². The SMILES string of the molecule is CCn1cnnc1-c1cccc(N2Cc3c(cc(N(C)C(C)C)nc3CNCC(C)=O)C2=O)n1. The molecule has 0 atom stereocenters. The minimum Gasteiger partial charge on any atom is -0.357 e. The molecule has 0 bridgehead atoms. The number of nitrogens with one attached hydrogen (secondary N) is 1. The summed E-state index contributed by atoms with van der Waals surface area (Å²) in [6, 6.07) is 7.62. The number of anilines is 2. The van der Waals surface area contributed by atoms with Gasteiger partial charge in [0.25, 0.3) is 5.91 Å². The third-order valence-electron chi connectivity index (χ3n) is 5.99. The lowest BCUT2D eigenvalue weighted by Gasteiger charge is -2.24. The number of aromatic nitrogens is 5. The minimum atomic E-state index is -0.120. The summed E-state index contributed by atoms with van der Waals surface area (Å²) < 4.78 is 1.91. The van der Waals surface area contributed by atoms with Crippen molar-refractivity contribution in [2.75, 3.05) is 23.4 Å². The molecule has 4 heterocycles. The Balaban J connectivity index is 1.70. The molecular weight excluding hydrogens is 432 g/mol. The topological polar surface area (TPSA) is 109 Å². The average Bonchev–Trinajstić information content (AvgIpc) is 3.43. The van der Waals surface area contributed by atoms with E-state index in [1.165, 1.54) is 6.92 Å². The van der Waals surface area contributed by atoms with Crippen molar-refractivity contribution < 1.29 is 9.59 Å². The van der Waals surface area contributed by atoms with Crippen LogP contribution in [0.1, 0.15) is 49.3 Å². The highest BCUT2D eigenvalue weighted by atomic mass is 16.2. The van der Waals surface area contributed by atoms with Crippen molar-refractivity contribution in [3.05, 3.63) is 47.4 Å². The van der Waals surface area contributed by atoms with E-state index < -0.39 is 0 Å². The number of aryl methyl sites for hydroxylation is 1. The van der Waals surface area contributed by atoms with E-state index in [1.54, 1.807) is 11.2 Å². The maximum atomic E-state index is 13.5. The molecule has 1 aliphatic rings. The minimum absolute atomic E-state index is 0.0470. The smallest absolute Gasteiger partial charge is 0.260 e. The largest absolute Gasteiger partial charge is 0.357 e. The van der Waals surface area contributed by atoms with Crippen LogP contribution >= 0.6 is 0 Å². The normalized spacial score (nSPS) is 13.0.